The fraction of sp³-hybridized carbons (Fsp3) is 0.294. The molecule has 1 amide bonds. The molecule has 1 heterocycles. The number of aromatic nitrogens is 1. The van der Waals surface area contributed by atoms with Gasteiger partial charge >= 0.3 is 6.18 Å². The summed E-state index contributed by atoms with van der Waals surface area (Å²) in [6.45, 7) is 2.84. The van der Waals surface area contributed by atoms with E-state index in [0.29, 0.717) is 5.82 Å². The van der Waals surface area contributed by atoms with Gasteiger partial charge in [-0.2, -0.15) is 13.2 Å². The Morgan fingerprint density at radius 1 is 1.17 bits per heavy atom. The topological polar surface area (TPSA) is 54.0 Å². The third-order valence-electron chi connectivity index (χ3n) is 3.34. The van der Waals surface area contributed by atoms with Gasteiger partial charge in [-0.1, -0.05) is 25.5 Å². The average molecular weight is 337 g/mol. The van der Waals surface area contributed by atoms with Crippen molar-refractivity contribution in [2.75, 3.05) is 17.2 Å². The highest BCUT2D eigenvalue weighted by molar-refractivity contribution is 6.04. The molecule has 24 heavy (non-hydrogen) atoms. The summed E-state index contributed by atoms with van der Waals surface area (Å²) < 4.78 is 38.8. The number of nitrogens with one attached hydrogen (secondary N) is 2. The van der Waals surface area contributed by atoms with E-state index in [1.165, 1.54) is 30.5 Å². The third kappa shape index (κ3) is 4.71. The Kier molecular flexibility index (Phi) is 5.78. The molecule has 1 aromatic carbocycles. The molecule has 0 aliphatic heterocycles. The van der Waals surface area contributed by atoms with Crippen molar-refractivity contribution in [3.63, 3.8) is 0 Å². The van der Waals surface area contributed by atoms with Crippen molar-refractivity contribution in [1.82, 2.24) is 4.98 Å². The number of nitrogens with zero attached hydrogens (tertiary/aromatic N) is 1. The predicted octanol–water partition coefficient (Wildman–Crippen LogP) is 4.56. The zero-order valence-corrected chi connectivity index (χ0v) is 13.2. The number of pyridine rings is 1. The highest BCUT2D eigenvalue weighted by Crippen LogP contribution is 2.34. The monoisotopic (exact) mass is 337 g/mol. The number of anilines is 2. The van der Waals surface area contributed by atoms with E-state index in [2.05, 4.69) is 22.5 Å². The van der Waals surface area contributed by atoms with Crippen LogP contribution < -0.4 is 10.6 Å². The molecule has 0 saturated heterocycles. The van der Waals surface area contributed by atoms with Gasteiger partial charge in [-0.15, -0.1) is 0 Å². The van der Waals surface area contributed by atoms with Gasteiger partial charge in [0.1, 0.15) is 5.82 Å². The van der Waals surface area contributed by atoms with Crippen LogP contribution in [-0.4, -0.2) is 17.4 Å². The van der Waals surface area contributed by atoms with Crippen LogP contribution >= 0.6 is 0 Å². The standard InChI is InChI=1S/C17H18F3N3O/c1-2-3-10-21-15-9-8-12(11-22-15)16(24)23-14-7-5-4-6-13(14)17(18,19)20/h4-9,11H,2-3,10H2,1H3,(H,21,22)(H,23,24). The maximum absolute atomic E-state index is 12.9. The molecule has 7 heteroatoms. The number of benzene rings is 1. The van der Waals surface area contributed by atoms with Gasteiger partial charge in [-0.3, -0.25) is 4.79 Å². The lowest BCUT2D eigenvalue weighted by molar-refractivity contribution is -0.136. The Morgan fingerprint density at radius 2 is 1.92 bits per heavy atom. The molecule has 0 spiro atoms. The van der Waals surface area contributed by atoms with Crippen molar-refractivity contribution < 1.29 is 18.0 Å². The second-order valence-electron chi connectivity index (χ2n) is 5.21. The predicted molar refractivity (Wildman–Crippen MR) is 87.0 cm³/mol. The summed E-state index contributed by atoms with van der Waals surface area (Å²) in [5, 5.41) is 5.38. The van der Waals surface area contributed by atoms with E-state index < -0.39 is 17.6 Å². The highest BCUT2D eigenvalue weighted by Gasteiger charge is 2.33. The Bertz CT molecular complexity index is 684. The van der Waals surface area contributed by atoms with Gasteiger partial charge in [-0.25, -0.2) is 4.98 Å². The zero-order chi connectivity index (χ0) is 17.6. The first kappa shape index (κ1) is 17.8. The van der Waals surface area contributed by atoms with E-state index in [1.54, 1.807) is 6.07 Å². The van der Waals surface area contributed by atoms with Gasteiger partial charge in [0.2, 0.25) is 0 Å². The van der Waals surface area contributed by atoms with Crippen LogP contribution in [-0.2, 0) is 6.18 Å². The molecular weight excluding hydrogens is 319 g/mol. The maximum atomic E-state index is 12.9. The number of carbonyl (C=O) groups excluding carboxylic acids is 1. The second kappa shape index (κ2) is 7.81. The average Bonchev–Trinajstić information content (AvgIpc) is 2.55. The molecular formula is C17H18F3N3O. The summed E-state index contributed by atoms with van der Waals surface area (Å²) in [6.07, 6.45) is -1.15. The van der Waals surface area contributed by atoms with E-state index in [4.69, 9.17) is 0 Å². The molecule has 0 aliphatic carbocycles. The summed E-state index contributed by atoms with van der Waals surface area (Å²) in [5.74, 6) is -0.0185. The first-order chi connectivity index (χ1) is 11.4. The molecule has 0 saturated carbocycles. The van der Waals surface area contributed by atoms with Crippen molar-refractivity contribution >= 4 is 17.4 Å². The number of amides is 1. The lowest BCUT2D eigenvalue weighted by Crippen LogP contribution is -2.17. The molecule has 128 valence electrons. The largest absolute Gasteiger partial charge is 0.418 e. The van der Waals surface area contributed by atoms with Crippen LogP contribution in [0.3, 0.4) is 0 Å². The van der Waals surface area contributed by atoms with E-state index in [1.807, 2.05) is 0 Å². The summed E-state index contributed by atoms with van der Waals surface area (Å²) in [4.78, 5) is 16.2. The van der Waals surface area contributed by atoms with Crippen molar-refractivity contribution in [2.24, 2.45) is 0 Å². The van der Waals surface area contributed by atoms with E-state index in [-0.39, 0.29) is 11.3 Å². The highest BCUT2D eigenvalue weighted by atomic mass is 19.4. The van der Waals surface area contributed by atoms with Crippen LogP contribution in [0.5, 0.6) is 0 Å². The zero-order valence-electron chi connectivity index (χ0n) is 13.2. The number of para-hydroxylation sites is 1. The first-order valence-corrected chi connectivity index (χ1v) is 7.59. The Labute approximate surface area is 138 Å². The van der Waals surface area contributed by atoms with E-state index in [0.717, 1.165) is 25.5 Å². The normalized spacial score (nSPS) is 11.2. The SMILES string of the molecule is CCCCNc1ccc(C(=O)Nc2ccccc2C(F)(F)F)cn1. The Hall–Kier alpha value is -2.57. The minimum absolute atomic E-state index is 0.188. The number of carbonyl (C=O) groups is 1. The van der Waals surface area contributed by atoms with Crippen LogP contribution in [0.1, 0.15) is 35.7 Å². The van der Waals surface area contributed by atoms with Crippen molar-refractivity contribution in [2.45, 2.75) is 25.9 Å². The van der Waals surface area contributed by atoms with Gasteiger partial charge in [-0.05, 0) is 30.7 Å². The number of rotatable bonds is 6. The van der Waals surface area contributed by atoms with Crippen molar-refractivity contribution in [3.8, 4) is 0 Å². The molecule has 1 aromatic heterocycles. The second-order valence-corrected chi connectivity index (χ2v) is 5.21. The van der Waals surface area contributed by atoms with Crippen molar-refractivity contribution in [3.05, 3.63) is 53.7 Å². The Balaban J connectivity index is 2.08. The molecule has 0 unspecified atom stereocenters. The minimum atomic E-state index is -4.53. The molecule has 0 atom stereocenters. The molecule has 2 aromatic rings. The number of hydrogen-bond acceptors (Lipinski definition) is 3. The molecule has 0 bridgehead atoms. The molecule has 4 nitrogen and oxygen atoms in total. The third-order valence-corrected chi connectivity index (χ3v) is 3.34. The summed E-state index contributed by atoms with van der Waals surface area (Å²) in [5.41, 5.74) is -0.975. The van der Waals surface area contributed by atoms with Crippen LogP contribution in [0.15, 0.2) is 42.6 Å². The molecule has 0 radical (unpaired) electrons. The Morgan fingerprint density at radius 3 is 2.54 bits per heavy atom. The van der Waals surface area contributed by atoms with E-state index in [9.17, 15) is 18.0 Å². The molecule has 2 rings (SSSR count). The smallest absolute Gasteiger partial charge is 0.370 e. The van der Waals surface area contributed by atoms with Gasteiger partial charge in [0.25, 0.3) is 5.91 Å². The van der Waals surface area contributed by atoms with Crippen molar-refractivity contribution in [1.29, 1.82) is 0 Å². The number of halogens is 3. The summed E-state index contributed by atoms with van der Waals surface area (Å²) >= 11 is 0. The molecule has 0 aliphatic rings. The summed E-state index contributed by atoms with van der Waals surface area (Å²) in [7, 11) is 0. The lowest BCUT2D eigenvalue weighted by atomic mass is 10.1. The van der Waals surface area contributed by atoms with Crippen LogP contribution in [0.2, 0.25) is 0 Å². The number of unbranched alkanes of at least 4 members (excludes halogenated alkanes) is 1. The number of hydrogen-bond donors (Lipinski definition) is 2. The van der Waals surface area contributed by atoms with Gasteiger partial charge in [0, 0.05) is 12.7 Å². The summed E-state index contributed by atoms with van der Waals surface area (Å²) in [6, 6.07) is 8.00. The fourth-order valence-electron chi connectivity index (χ4n) is 2.06. The fourth-order valence-corrected chi connectivity index (χ4v) is 2.06. The first-order valence-electron chi connectivity index (χ1n) is 7.59. The van der Waals surface area contributed by atoms with Gasteiger partial charge < -0.3 is 10.6 Å². The van der Waals surface area contributed by atoms with E-state index >= 15 is 0 Å². The van der Waals surface area contributed by atoms with Crippen LogP contribution in [0, 0.1) is 0 Å². The van der Waals surface area contributed by atoms with Gasteiger partial charge in [0.15, 0.2) is 0 Å². The maximum Gasteiger partial charge on any atom is 0.418 e. The number of alkyl halides is 3. The van der Waals surface area contributed by atoms with Crippen LogP contribution in [0.4, 0.5) is 24.7 Å². The molecule has 2 N–H and O–H groups in total. The molecule has 0 fully saturated rings. The lowest BCUT2D eigenvalue weighted by Gasteiger charge is -2.13. The minimum Gasteiger partial charge on any atom is -0.370 e. The van der Waals surface area contributed by atoms with Gasteiger partial charge in [0.05, 0.1) is 16.8 Å². The quantitative estimate of drug-likeness (QED) is 0.760. The van der Waals surface area contributed by atoms with Crippen LogP contribution in [0.25, 0.3) is 0 Å².